The molecule has 2 rings (SSSR count). The average Bonchev–Trinajstić information content (AvgIpc) is 2.89. The Balaban J connectivity index is 0.00000106. The molecule has 1 unspecified atom stereocenters. The van der Waals surface area contributed by atoms with Crippen molar-refractivity contribution in [2.24, 2.45) is 0 Å². The molecule has 118 valence electrons. The van der Waals surface area contributed by atoms with E-state index >= 15 is 0 Å². The van der Waals surface area contributed by atoms with Crippen molar-refractivity contribution in [3.8, 4) is 0 Å². The molecule has 21 heavy (non-hydrogen) atoms. The van der Waals surface area contributed by atoms with Crippen molar-refractivity contribution in [1.82, 2.24) is 4.90 Å². The largest absolute Gasteiger partial charge is 0.444 e. The predicted octanol–water partition coefficient (Wildman–Crippen LogP) is 5.09. The van der Waals surface area contributed by atoms with Crippen LogP contribution in [0.25, 0.3) is 0 Å². The SMILES string of the molecule is CC.Cc1ccccc1C1CCCN1C(=O)OC(C)(C)C. The van der Waals surface area contributed by atoms with E-state index in [1.54, 1.807) is 0 Å². The maximum atomic E-state index is 12.3. The van der Waals surface area contributed by atoms with Crippen molar-refractivity contribution < 1.29 is 9.53 Å². The van der Waals surface area contributed by atoms with Gasteiger partial charge in [-0.1, -0.05) is 38.1 Å². The van der Waals surface area contributed by atoms with Crippen LogP contribution in [-0.2, 0) is 4.74 Å². The van der Waals surface area contributed by atoms with Crippen molar-refractivity contribution in [3.63, 3.8) is 0 Å². The van der Waals surface area contributed by atoms with Gasteiger partial charge in [0.25, 0.3) is 0 Å². The van der Waals surface area contributed by atoms with Gasteiger partial charge in [0.15, 0.2) is 0 Å². The Kier molecular flexibility index (Phi) is 6.25. The molecule has 3 heteroatoms. The number of nitrogens with zero attached hydrogens (tertiary/aromatic N) is 1. The van der Waals surface area contributed by atoms with Gasteiger partial charge in [-0.3, -0.25) is 0 Å². The lowest BCUT2D eigenvalue weighted by Crippen LogP contribution is -2.36. The second-order valence-electron chi connectivity index (χ2n) is 6.19. The molecule has 1 amide bonds. The van der Waals surface area contributed by atoms with Crippen LogP contribution in [-0.4, -0.2) is 23.1 Å². The number of rotatable bonds is 1. The minimum Gasteiger partial charge on any atom is -0.444 e. The van der Waals surface area contributed by atoms with E-state index in [4.69, 9.17) is 4.74 Å². The Morgan fingerprint density at radius 2 is 1.86 bits per heavy atom. The van der Waals surface area contributed by atoms with E-state index in [2.05, 4.69) is 19.1 Å². The van der Waals surface area contributed by atoms with Gasteiger partial charge in [0, 0.05) is 6.54 Å². The van der Waals surface area contributed by atoms with Crippen LogP contribution in [0.4, 0.5) is 4.79 Å². The molecule has 0 bridgehead atoms. The lowest BCUT2D eigenvalue weighted by atomic mass is 10.00. The summed E-state index contributed by atoms with van der Waals surface area (Å²) in [6.45, 7) is 12.6. The molecular formula is C18H29NO2. The third-order valence-corrected chi connectivity index (χ3v) is 3.43. The molecule has 0 N–H and O–H groups in total. The minimum absolute atomic E-state index is 0.163. The van der Waals surface area contributed by atoms with E-state index in [1.807, 2.05) is 51.7 Å². The summed E-state index contributed by atoms with van der Waals surface area (Å²) in [6, 6.07) is 8.44. The van der Waals surface area contributed by atoms with E-state index < -0.39 is 5.60 Å². The van der Waals surface area contributed by atoms with Crippen LogP contribution < -0.4 is 0 Å². The van der Waals surface area contributed by atoms with Crippen LogP contribution in [0.15, 0.2) is 24.3 Å². The Morgan fingerprint density at radius 3 is 2.43 bits per heavy atom. The second kappa shape index (κ2) is 7.48. The van der Waals surface area contributed by atoms with Crippen LogP contribution in [0.3, 0.4) is 0 Å². The molecule has 1 aliphatic rings. The number of ether oxygens (including phenoxy) is 1. The average molecular weight is 291 g/mol. The zero-order valence-corrected chi connectivity index (χ0v) is 14.3. The summed E-state index contributed by atoms with van der Waals surface area (Å²) in [5.41, 5.74) is 2.05. The van der Waals surface area contributed by atoms with E-state index in [-0.39, 0.29) is 12.1 Å². The molecule has 1 aliphatic heterocycles. The van der Waals surface area contributed by atoms with Gasteiger partial charge in [0.05, 0.1) is 6.04 Å². The topological polar surface area (TPSA) is 29.5 Å². The molecule has 0 aromatic heterocycles. The summed E-state index contributed by atoms with van der Waals surface area (Å²) in [7, 11) is 0. The van der Waals surface area contributed by atoms with Gasteiger partial charge in [-0.2, -0.15) is 0 Å². The molecule has 0 aliphatic carbocycles. The van der Waals surface area contributed by atoms with E-state index in [0.717, 1.165) is 19.4 Å². The van der Waals surface area contributed by atoms with Crippen LogP contribution in [0.1, 0.15) is 64.6 Å². The minimum atomic E-state index is -0.435. The third kappa shape index (κ3) is 4.76. The summed E-state index contributed by atoms with van der Waals surface area (Å²) in [6.07, 6.45) is 1.86. The van der Waals surface area contributed by atoms with Gasteiger partial charge in [0.1, 0.15) is 5.60 Å². The molecule has 1 aromatic carbocycles. The first-order valence-corrected chi connectivity index (χ1v) is 7.93. The molecule has 1 fully saturated rings. The summed E-state index contributed by atoms with van der Waals surface area (Å²) >= 11 is 0. The second-order valence-corrected chi connectivity index (χ2v) is 6.19. The number of aryl methyl sites for hydroxylation is 1. The number of likely N-dealkylation sites (tertiary alicyclic amines) is 1. The normalized spacial score (nSPS) is 18.0. The fourth-order valence-corrected chi connectivity index (χ4v) is 2.59. The molecule has 0 saturated carbocycles. The molecule has 1 aromatic rings. The quantitative estimate of drug-likeness (QED) is 0.721. The summed E-state index contributed by atoms with van der Waals surface area (Å²) in [5.74, 6) is 0. The highest BCUT2D eigenvalue weighted by Gasteiger charge is 2.33. The molecular weight excluding hydrogens is 262 g/mol. The zero-order valence-electron chi connectivity index (χ0n) is 14.3. The molecule has 3 nitrogen and oxygen atoms in total. The number of hydrogen-bond donors (Lipinski definition) is 0. The first-order chi connectivity index (χ1) is 9.88. The van der Waals surface area contributed by atoms with Crippen LogP contribution in [0, 0.1) is 6.92 Å². The van der Waals surface area contributed by atoms with Gasteiger partial charge in [-0.25, -0.2) is 4.79 Å². The van der Waals surface area contributed by atoms with Crippen molar-refractivity contribution in [3.05, 3.63) is 35.4 Å². The highest BCUT2D eigenvalue weighted by atomic mass is 16.6. The van der Waals surface area contributed by atoms with Crippen LogP contribution in [0.5, 0.6) is 0 Å². The van der Waals surface area contributed by atoms with Gasteiger partial charge >= 0.3 is 6.09 Å². The molecule has 1 saturated heterocycles. The fraction of sp³-hybridized carbons (Fsp3) is 0.611. The molecule has 0 spiro atoms. The zero-order chi connectivity index (χ0) is 16.0. The van der Waals surface area contributed by atoms with Crippen molar-refractivity contribution >= 4 is 6.09 Å². The fourth-order valence-electron chi connectivity index (χ4n) is 2.59. The Morgan fingerprint density at radius 1 is 1.24 bits per heavy atom. The lowest BCUT2D eigenvalue weighted by molar-refractivity contribution is 0.0224. The highest BCUT2D eigenvalue weighted by Crippen LogP contribution is 2.34. The van der Waals surface area contributed by atoms with E-state index in [1.165, 1.54) is 11.1 Å². The van der Waals surface area contributed by atoms with Crippen molar-refractivity contribution in [2.75, 3.05) is 6.54 Å². The van der Waals surface area contributed by atoms with Crippen LogP contribution in [0.2, 0.25) is 0 Å². The standard InChI is InChI=1S/C16H23NO2.C2H6/c1-12-8-5-6-9-13(12)14-10-7-11-17(14)15(18)19-16(2,3)4;1-2/h5-6,8-9,14H,7,10-11H2,1-4H3;1-2H3. The maximum Gasteiger partial charge on any atom is 0.410 e. The van der Waals surface area contributed by atoms with Crippen LogP contribution >= 0.6 is 0 Å². The summed E-state index contributed by atoms with van der Waals surface area (Å²) in [5, 5.41) is 0. The van der Waals surface area contributed by atoms with E-state index in [9.17, 15) is 4.79 Å². The molecule has 1 heterocycles. The number of benzene rings is 1. The number of hydrogen-bond acceptors (Lipinski definition) is 2. The smallest absolute Gasteiger partial charge is 0.410 e. The van der Waals surface area contributed by atoms with Crippen molar-refractivity contribution in [2.45, 2.75) is 66.0 Å². The Bertz CT molecular complexity index is 463. The number of carbonyl (C=O) groups is 1. The summed E-state index contributed by atoms with van der Waals surface area (Å²) < 4.78 is 5.50. The summed E-state index contributed by atoms with van der Waals surface area (Å²) in [4.78, 5) is 14.1. The van der Waals surface area contributed by atoms with Gasteiger partial charge in [-0.05, 0) is 51.7 Å². The predicted molar refractivity (Wildman–Crippen MR) is 87.4 cm³/mol. The monoisotopic (exact) mass is 291 g/mol. The highest BCUT2D eigenvalue weighted by molar-refractivity contribution is 5.69. The Hall–Kier alpha value is -1.51. The van der Waals surface area contributed by atoms with Gasteiger partial charge < -0.3 is 9.64 Å². The van der Waals surface area contributed by atoms with Crippen molar-refractivity contribution in [1.29, 1.82) is 0 Å². The maximum absolute atomic E-state index is 12.3. The van der Waals surface area contributed by atoms with Gasteiger partial charge in [-0.15, -0.1) is 0 Å². The Labute approximate surface area is 129 Å². The van der Waals surface area contributed by atoms with Gasteiger partial charge in [0.2, 0.25) is 0 Å². The van der Waals surface area contributed by atoms with E-state index in [0.29, 0.717) is 0 Å². The third-order valence-electron chi connectivity index (χ3n) is 3.43. The molecule has 1 atom stereocenters. The molecule has 0 radical (unpaired) electrons. The first-order valence-electron chi connectivity index (χ1n) is 7.93. The number of amides is 1. The number of carbonyl (C=O) groups excluding carboxylic acids is 1. The first kappa shape index (κ1) is 17.5. The lowest BCUT2D eigenvalue weighted by Gasteiger charge is -2.29.